The van der Waals surface area contributed by atoms with Gasteiger partial charge in [-0.15, -0.1) is 6.58 Å². The minimum atomic E-state index is -0.487. The molecule has 0 bridgehead atoms. The minimum Gasteiger partial charge on any atom is -0.319 e. The lowest BCUT2D eigenvalue weighted by molar-refractivity contribution is -0.384. The standard InChI is InChI=1S/C20H20N4O3S/c1-4-11-23-16-8-6-5-7-15(16)21-20(23)28-12-18(25)22-19-14(3)13(2)9-10-17(19)24(26)27/h4-10H,1,11-12H2,2-3H3,(H,22,25). The van der Waals surface area contributed by atoms with Gasteiger partial charge in [0.1, 0.15) is 5.69 Å². The van der Waals surface area contributed by atoms with Gasteiger partial charge in [-0.3, -0.25) is 14.9 Å². The molecule has 8 heteroatoms. The smallest absolute Gasteiger partial charge is 0.293 e. The zero-order valence-electron chi connectivity index (χ0n) is 15.6. The number of anilines is 1. The average molecular weight is 396 g/mol. The number of nitro benzene ring substituents is 1. The molecule has 0 saturated carbocycles. The quantitative estimate of drug-likeness (QED) is 0.275. The molecule has 1 heterocycles. The summed E-state index contributed by atoms with van der Waals surface area (Å²) in [6.45, 7) is 7.96. The lowest BCUT2D eigenvalue weighted by Gasteiger charge is -2.11. The van der Waals surface area contributed by atoms with Crippen LogP contribution in [0.1, 0.15) is 11.1 Å². The Morgan fingerprint density at radius 2 is 2.07 bits per heavy atom. The topological polar surface area (TPSA) is 90.1 Å². The molecule has 1 N–H and O–H groups in total. The van der Waals surface area contributed by atoms with Gasteiger partial charge in [-0.1, -0.05) is 36.0 Å². The number of nitrogens with zero attached hydrogens (tertiary/aromatic N) is 3. The number of allylic oxidation sites excluding steroid dienone is 1. The summed E-state index contributed by atoms with van der Waals surface area (Å²) < 4.78 is 1.99. The van der Waals surface area contributed by atoms with Gasteiger partial charge in [0.05, 0.1) is 21.7 Å². The van der Waals surface area contributed by atoms with Crippen molar-refractivity contribution < 1.29 is 9.72 Å². The van der Waals surface area contributed by atoms with Crippen LogP contribution in [0.2, 0.25) is 0 Å². The first-order chi connectivity index (χ1) is 13.4. The van der Waals surface area contributed by atoms with Crippen molar-refractivity contribution in [3.63, 3.8) is 0 Å². The van der Waals surface area contributed by atoms with Crippen molar-refractivity contribution >= 4 is 40.1 Å². The summed E-state index contributed by atoms with van der Waals surface area (Å²) >= 11 is 1.29. The molecule has 0 aliphatic carbocycles. The Labute approximate surface area is 166 Å². The monoisotopic (exact) mass is 396 g/mol. The predicted octanol–water partition coefficient (Wildman–Crippen LogP) is 4.48. The highest BCUT2D eigenvalue weighted by Gasteiger charge is 2.20. The largest absolute Gasteiger partial charge is 0.319 e. The first-order valence-corrected chi connectivity index (χ1v) is 9.64. The van der Waals surface area contributed by atoms with E-state index in [-0.39, 0.29) is 23.0 Å². The van der Waals surface area contributed by atoms with E-state index in [2.05, 4.69) is 16.9 Å². The molecule has 0 saturated heterocycles. The van der Waals surface area contributed by atoms with Crippen LogP contribution in [0.25, 0.3) is 11.0 Å². The number of thioether (sulfide) groups is 1. The van der Waals surface area contributed by atoms with Gasteiger partial charge in [0.25, 0.3) is 5.69 Å². The Hall–Kier alpha value is -3.13. The van der Waals surface area contributed by atoms with Crippen LogP contribution >= 0.6 is 11.8 Å². The van der Waals surface area contributed by atoms with Gasteiger partial charge < -0.3 is 9.88 Å². The van der Waals surface area contributed by atoms with E-state index in [4.69, 9.17) is 0 Å². The van der Waals surface area contributed by atoms with Gasteiger partial charge in [-0.2, -0.15) is 0 Å². The lowest BCUT2D eigenvalue weighted by atomic mass is 10.1. The second kappa shape index (κ2) is 8.26. The van der Waals surface area contributed by atoms with Gasteiger partial charge in [-0.05, 0) is 37.1 Å². The number of nitro groups is 1. The van der Waals surface area contributed by atoms with Gasteiger partial charge >= 0.3 is 0 Å². The van der Waals surface area contributed by atoms with Crippen LogP contribution in [0, 0.1) is 24.0 Å². The molecule has 0 fully saturated rings. The summed E-state index contributed by atoms with van der Waals surface area (Å²) in [7, 11) is 0. The van der Waals surface area contributed by atoms with E-state index >= 15 is 0 Å². The predicted molar refractivity (Wildman–Crippen MR) is 112 cm³/mol. The zero-order valence-corrected chi connectivity index (χ0v) is 16.5. The third-order valence-corrected chi connectivity index (χ3v) is 5.41. The minimum absolute atomic E-state index is 0.0883. The van der Waals surface area contributed by atoms with Crippen LogP contribution in [0.3, 0.4) is 0 Å². The molecule has 2 aromatic carbocycles. The zero-order chi connectivity index (χ0) is 20.3. The second-order valence-electron chi connectivity index (χ2n) is 6.28. The molecule has 3 rings (SSSR count). The van der Waals surface area contributed by atoms with Crippen LogP contribution in [0.15, 0.2) is 54.2 Å². The van der Waals surface area contributed by atoms with E-state index in [1.54, 1.807) is 19.1 Å². The fraction of sp³-hybridized carbons (Fsp3) is 0.200. The van der Waals surface area contributed by atoms with E-state index in [0.29, 0.717) is 17.3 Å². The molecule has 1 aromatic heterocycles. The number of fused-ring (bicyclic) bond motifs is 1. The number of amides is 1. The third-order valence-electron chi connectivity index (χ3n) is 4.44. The molecule has 0 aliphatic rings. The van der Waals surface area contributed by atoms with Crippen molar-refractivity contribution in [2.45, 2.75) is 25.5 Å². The molecule has 0 radical (unpaired) electrons. The Morgan fingerprint density at radius 1 is 1.32 bits per heavy atom. The lowest BCUT2D eigenvalue weighted by Crippen LogP contribution is -2.17. The van der Waals surface area contributed by atoms with Crippen LogP contribution in [-0.4, -0.2) is 26.1 Å². The highest BCUT2D eigenvalue weighted by Crippen LogP contribution is 2.31. The molecule has 0 unspecified atom stereocenters. The average Bonchev–Trinajstić information content (AvgIpc) is 3.02. The molecule has 0 atom stereocenters. The maximum Gasteiger partial charge on any atom is 0.293 e. The fourth-order valence-corrected chi connectivity index (χ4v) is 3.71. The molecule has 144 valence electrons. The Kier molecular flexibility index (Phi) is 5.79. The fourth-order valence-electron chi connectivity index (χ4n) is 2.89. The number of hydrogen-bond acceptors (Lipinski definition) is 5. The number of benzene rings is 2. The first-order valence-electron chi connectivity index (χ1n) is 8.65. The summed E-state index contributed by atoms with van der Waals surface area (Å²) in [5, 5.41) is 14.7. The summed E-state index contributed by atoms with van der Waals surface area (Å²) in [6.07, 6.45) is 1.78. The number of hydrogen-bond donors (Lipinski definition) is 1. The number of nitrogens with one attached hydrogen (secondary N) is 1. The van der Waals surface area contributed by atoms with Gasteiger partial charge in [0.15, 0.2) is 5.16 Å². The summed E-state index contributed by atoms with van der Waals surface area (Å²) in [5.41, 5.74) is 3.51. The van der Waals surface area contributed by atoms with Crippen molar-refractivity contribution in [3.8, 4) is 0 Å². The molecular formula is C20H20N4O3S. The summed E-state index contributed by atoms with van der Waals surface area (Å²) in [5.74, 6) is -0.232. The summed E-state index contributed by atoms with van der Waals surface area (Å²) in [6, 6.07) is 10.8. The van der Waals surface area contributed by atoms with Gasteiger partial charge in [0, 0.05) is 12.6 Å². The number of carbonyl (C=O) groups excluding carboxylic acids is 1. The SMILES string of the molecule is C=CCn1c(SCC(=O)Nc2c([N+](=O)[O-])ccc(C)c2C)nc2ccccc21. The van der Waals surface area contributed by atoms with Crippen molar-refractivity contribution in [1.29, 1.82) is 0 Å². The Bertz CT molecular complexity index is 1070. The molecule has 0 aliphatic heterocycles. The van der Waals surface area contributed by atoms with E-state index in [0.717, 1.165) is 16.6 Å². The van der Waals surface area contributed by atoms with Crippen LogP contribution < -0.4 is 5.32 Å². The van der Waals surface area contributed by atoms with E-state index in [1.807, 2.05) is 35.8 Å². The molecule has 0 spiro atoms. The number of para-hydroxylation sites is 2. The van der Waals surface area contributed by atoms with Crippen LogP contribution in [0.5, 0.6) is 0 Å². The second-order valence-corrected chi connectivity index (χ2v) is 7.22. The first kappa shape index (κ1) is 19.6. The van der Waals surface area contributed by atoms with Gasteiger partial charge in [0.2, 0.25) is 5.91 Å². The molecule has 3 aromatic rings. The maximum atomic E-state index is 12.5. The van der Waals surface area contributed by atoms with Gasteiger partial charge in [-0.25, -0.2) is 4.98 Å². The molecule has 1 amide bonds. The van der Waals surface area contributed by atoms with E-state index < -0.39 is 4.92 Å². The molecule has 28 heavy (non-hydrogen) atoms. The van der Waals surface area contributed by atoms with E-state index in [1.165, 1.54) is 17.8 Å². The number of aromatic nitrogens is 2. The molecule has 7 nitrogen and oxygen atoms in total. The highest BCUT2D eigenvalue weighted by atomic mass is 32.2. The van der Waals surface area contributed by atoms with Crippen LogP contribution in [0.4, 0.5) is 11.4 Å². The number of imidazole rings is 1. The van der Waals surface area contributed by atoms with Crippen molar-refractivity contribution in [2.24, 2.45) is 0 Å². The normalized spacial score (nSPS) is 10.8. The van der Waals surface area contributed by atoms with Crippen molar-refractivity contribution in [1.82, 2.24) is 9.55 Å². The van der Waals surface area contributed by atoms with Crippen LogP contribution in [-0.2, 0) is 11.3 Å². The number of carbonyl (C=O) groups is 1. The Morgan fingerprint density at radius 3 is 2.79 bits per heavy atom. The van der Waals surface area contributed by atoms with Crippen molar-refractivity contribution in [2.75, 3.05) is 11.1 Å². The van der Waals surface area contributed by atoms with E-state index in [9.17, 15) is 14.9 Å². The Balaban J connectivity index is 1.80. The number of aryl methyl sites for hydroxylation is 1. The van der Waals surface area contributed by atoms with Crippen molar-refractivity contribution in [3.05, 3.63) is 70.3 Å². The number of rotatable bonds is 7. The third kappa shape index (κ3) is 3.91. The molecular weight excluding hydrogens is 376 g/mol. The summed E-state index contributed by atoms with van der Waals surface area (Å²) in [4.78, 5) is 27.9. The maximum absolute atomic E-state index is 12.5. The highest BCUT2D eigenvalue weighted by molar-refractivity contribution is 7.99.